The second-order valence-corrected chi connectivity index (χ2v) is 6.29. The summed E-state index contributed by atoms with van der Waals surface area (Å²) in [5.74, 6) is -1.03. The van der Waals surface area contributed by atoms with Gasteiger partial charge in [-0.25, -0.2) is 4.39 Å². The van der Waals surface area contributed by atoms with E-state index in [4.69, 9.17) is 0 Å². The molecule has 5 nitrogen and oxygen atoms in total. The predicted octanol–water partition coefficient (Wildman–Crippen LogP) is 2.97. The summed E-state index contributed by atoms with van der Waals surface area (Å²) in [6, 6.07) is 12.5. The van der Waals surface area contributed by atoms with E-state index in [1.807, 2.05) is 0 Å². The van der Waals surface area contributed by atoms with Crippen molar-refractivity contribution in [1.29, 1.82) is 0 Å². The minimum atomic E-state index is -0.469. The zero-order valence-corrected chi connectivity index (χ0v) is 14.4. The van der Waals surface area contributed by atoms with E-state index in [1.165, 1.54) is 11.0 Å². The van der Waals surface area contributed by atoms with Crippen LogP contribution in [0.2, 0.25) is 0 Å². The third-order valence-electron chi connectivity index (χ3n) is 4.43. The maximum atomic E-state index is 13.8. The third-order valence-corrected chi connectivity index (χ3v) is 4.43. The molecule has 3 amide bonds. The first kappa shape index (κ1) is 17.8. The van der Waals surface area contributed by atoms with Crippen LogP contribution >= 0.6 is 0 Å². The van der Waals surface area contributed by atoms with Crippen molar-refractivity contribution in [3.8, 4) is 0 Å². The summed E-state index contributed by atoms with van der Waals surface area (Å²) in [4.78, 5) is 36.9. The molecule has 1 heterocycles. The van der Waals surface area contributed by atoms with Gasteiger partial charge in [0.1, 0.15) is 5.82 Å². The average Bonchev–Trinajstić information content (AvgIpc) is 2.94. The molecule has 1 unspecified atom stereocenters. The predicted molar refractivity (Wildman–Crippen MR) is 93.5 cm³/mol. The Bertz CT molecular complexity index is 832. The van der Waals surface area contributed by atoms with Gasteiger partial charge in [-0.1, -0.05) is 30.3 Å². The van der Waals surface area contributed by atoms with Gasteiger partial charge < -0.3 is 5.32 Å². The van der Waals surface area contributed by atoms with Crippen LogP contribution in [-0.2, 0) is 16.1 Å². The molecule has 0 spiro atoms. The molecule has 1 fully saturated rings. The van der Waals surface area contributed by atoms with E-state index in [0.29, 0.717) is 11.1 Å². The van der Waals surface area contributed by atoms with Gasteiger partial charge in [0.05, 0.1) is 12.6 Å². The third kappa shape index (κ3) is 3.79. The van der Waals surface area contributed by atoms with Crippen LogP contribution < -0.4 is 5.32 Å². The maximum Gasteiger partial charge on any atom is 0.251 e. The highest BCUT2D eigenvalue weighted by molar-refractivity contribution is 6.01. The van der Waals surface area contributed by atoms with Crippen LogP contribution in [0, 0.1) is 5.82 Å². The molecule has 1 saturated heterocycles. The average molecular weight is 354 g/mol. The van der Waals surface area contributed by atoms with Crippen molar-refractivity contribution in [3.05, 3.63) is 71.0 Å². The molecule has 1 atom stereocenters. The second kappa shape index (κ2) is 7.47. The minimum Gasteiger partial charge on any atom is -0.345 e. The van der Waals surface area contributed by atoms with Crippen LogP contribution in [0.5, 0.6) is 0 Å². The Morgan fingerprint density at radius 2 is 1.69 bits per heavy atom. The van der Waals surface area contributed by atoms with Crippen molar-refractivity contribution < 1.29 is 18.8 Å². The zero-order chi connectivity index (χ0) is 18.7. The molecule has 1 aliphatic heterocycles. The van der Waals surface area contributed by atoms with Gasteiger partial charge in [0.25, 0.3) is 5.91 Å². The van der Waals surface area contributed by atoms with Crippen molar-refractivity contribution in [2.45, 2.75) is 32.4 Å². The van der Waals surface area contributed by atoms with E-state index in [2.05, 4.69) is 5.32 Å². The summed E-state index contributed by atoms with van der Waals surface area (Å²) in [7, 11) is 0. The molecule has 2 aromatic carbocycles. The molecule has 0 radical (unpaired) electrons. The molecule has 0 saturated carbocycles. The van der Waals surface area contributed by atoms with Gasteiger partial charge in [0, 0.05) is 24.0 Å². The van der Waals surface area contributed by atoms with Crippen LogP contribution in [0.15, 0.2) is 48.5 Å². The van der Waals surface area contributed by atoms with Crippen LogP contribution in [0.25, 0.3) is 0 Å². The van der Waals surface area contributed by atoms with E-state index in [9.17, 15) is 18.8 Å². The summed E-state index contributed by atoms with van der Waals surface area (Å²) in [5, 5.41) is 2.76. The van der Waals surface area contributed by atoms with E-state index in [0.717, 1.165) is 5.56 Å². The molecular weight excluding hydrogens is 335 g/mol. The van der Waals surface area contributed by atoms with Gasteiger partial charge in [-0.05, 0) is 30.7 Å². The lowest BCUT2D eigenvalue weighted by Gasteiger charge is -2.16. The van der Waals surface area contributed by atoms with Gasteiger partial charge in [-0.2, -0.15) is 0 Å². The number of rotatable bonds is 5. The number of nitrogens with zero attached hydrogens (tertiary/aromatic N) is 1. The molecule has 6 heteroatoms. The highest BCUT2D eigenvalue weighted by Gasteiger charge is 2.28. The van der Waals surface area contributed by atoms with Gasteiger partial charge in [-0.15, -0.1) is 0 Å². The quantitative estimate of drug-likeness (QED) is 0.840. The number of nitrogens with one attached hydrogen (secondary N) is 1. The lowest BCUT2D eigenvalue weighted by Crippen LogP contribution is -2.28. The molecule has 134 valence electrons. The standard InChI is InChI=1S/C20H19FN2O3/c1-13(16-4-2-3-5-17(16)21)22-20(26)15-8-6-14(7-9-15)12-23-18(24)10-11-19(23)25/h2-9,13H,10-12H2,1H3,(H,22,26). The molecule has 26 heavy (non-hydrogen) atoms. The highest BCUT2D eigenvalue weighted by atomic mass is 19.1. The first-order chi connectivity index (χ1) is 12.5. The first-order valence-electron chi connectivity index (χ1n) is 8.43. The number of amides is 3. The Labute approximate surface area is 150 Å². The van der Waals surface area contributed by atoms with Crippen LogP contribution in [-0.4, -0.2) is 22.6 Å². The normalized spacial score (nSPS) is 15.2. The van der Waals surface area contributed by atoms with Gasteiger partial charge >= 0.3 is 0 Å². The monoisotopic (exact) mass is 354 g/mol. The molecular formula is C20H19FN2O3. The van der Waals surface area contributed by atoms with Gasteiger partial charge in [-0.3, -0.25) is 19.3 Å². The molecule has 1 aliphatic rings. The Morgan fingerprint density at radius 3 is 2.31 bits per heavy atom. The fraction of sp³-hybridized carbons (Fsp3) is 0.250. The number of carbonyl (C=O) groups is 3. The zero-order valence-electron chi connectivity index (χ0n) is 14.4. The summed E-state index contributed by atoms with van der Waals surface area (Å²) in [6.07, 6.45) is 0.514. The number of carbonyl (C=O) groups excluding carboxylic acids is 3. The van der Waals surface area contributed by atoms with Crippen molar-refractivity contribution in [1.82, 2.24) is 10.2 Å². The SMILES string of the molecule is CC(NC(=O)c1ccc(CN2C(=O)CCC2=O)cc1)c1ccccc1F. The van der Waals surface area contributed by atoms with Gasteiger partial charge in [0.2, 0.25) is 11.8 Å². The van der Waals surface area contributed by atoms with E-state index < -0.39 is 6.04 Å². The number of halogens is 1. The Morgan fingerprint density at radius 1 is 1.08 bits per heavy atom. The second-order valence-electron chi connectivity index (χ2n) is 6.29. The number of benzene rings is 2. The molecule has 0 aromatic heterocycles. The number of hydrogen-bond acceptors (Lipinski definition) is 3. The Balaban J connectivity index is 1.64. The van der Waals surface area contributed by atoms with Crippen molar-refractivity contribution >= 4 is 17.7 Å². The summed E-state index contributed by atoms with van der Waals surface area (Å²) in [6.45, 7) is 1.93. The minimum absolute atomic E-state index is 0.171. The molecule has 3 rings (SSSR count). The van der Waals surface area contributed by atoms with Crippen LogP contribution in [0.4, 0.5) is 4.39 Å². The smallest absolute Gasteiger partial charge is 0.251 e. The van der Waals surface area contributed by atoms with Crippen LogP contribution in [0.3, 0.4) is 0 Å². The number of likely N-dealkylation sites (tertiary alicyclic amines) is 1. The highest BCUT2D eigenvalue weighted by Crippen LogP contribution is 2.18. The molecule has 1 N–H and O–H groups in total. The van der Waals surface area contributed by atoms with Crippen LogP contribution in [0.1, 0.15) is 47.3 Å². The first-order valence-corrected chi connectivity index (χ1v) is 8.43. The Kier molecular flexibility index (Phi) is 5.11. The lowest BCUT2D eigenvalue weighted by atomic mass is 10.1. The lowest BCUT2D eigenvalue weighted by molar-refractivity contribution is -0.139. The number of imide groups is 1. The summed E-state index contributed by atoms with van der Waals surface area (Å²) >= 11 is 0. The topological polar surface area (TPSA) is 66.5 Å². The largest absolute Gasteiger partial charge is 0.345 e. The van der Waals surface area contributed by atoms with Crippen molar-refractivity contribution in [3.63, 3.8) is 0 Å². The van der Waals surface area contributed by atoms with E-state index in [1.54, 1.807) is 49.4 Å². The summed E-state index contributed by atoms with van der Waals surface area (Å²) in [5.41, 5.74) is 1.62. The van der Waals surface area contributed by atoms with E-state index in [-0.39, 0.29) is 42.9 Å². The summed E-state index contributed by atoms with van der Waals surface area (Å²) < 4.78 is 13.8. The fourth-order valence-electron chi connectivity index (χ4n) is 2.93. The Hall–Kier alpha value is -3.02. The van der Waals surface area contributed by atoms with Crippen molar-refractivity contribution in [2.75, 3.05) is 0 Å². The maximum absolute atomic E-state index is 13.8. The van der Waals surface area contributed by atoms with Gasteiger partial charge in [0.15, 0.2) is 0 Å². The van der Waals surface area contributed by atoms with E-state index >= 15 is 0 Å². The fourth-order valence-corrected chi connectivity index (χ4v) is 2.93. The molecule has 2 aromatic rings. The van der Waals surface area contributed by atoms with Crippen molar-refractivity contribution in [2.24, 2.45) is 0 Å². The molecule has 0 aliphatic carbocycles. The number of hydrogen-bond donors (Lipinski definition) is 1. The molecule has 0 bridgehead atoms.